The third-order valence-corrected chi connectivity index (χ3v) is 3.11. The smallest absolute Gasteiger partial charge is 0.0423 e. The molecule has 3 nitrogen and oxygen atoms in total. The number of hydrogen-bond donors (Lipinski definition) is 2. The molecule has 0 atom stereocenters. The minimum Gasteiger partial charge on any atom is -0.374 e. The molecule has 0 spiro atoms. The second-order valence-corrected chi connectivity index (χ2v) is 4.88. The van der Waals surface area contributed by atoms with Gasteiger partial charge in [-0.1, -0.05) is 24.6 Å². The lowest BCUT2D eigenvalue weighted by molar-refractivity contribution is 0.455. The van der Waals surface area contributed by atoms with Gasteiger partial charge in [-0.3, -0.25) is 0 Å². The first-order valence-electron chi connectivity index (χ1n) is 6.80. The van der Waals surface area contributed by atoms with Crippen molar-refractivity contribution in [3.8, 4) is 0 Å². The molecule has 18 heavy (non-hydrogen) atoms. The Labute approximate surface area is 112 Å². The molecule has 1 rings (SSSR count). The monoisotopic (exact) mass is 249 g/mol. The Kier molecular flexibility index (Phi) is 6.76. The van der Waals surface area contributed by atoms with Crippen LogP contribution in [0.3, 0.4) is 0 Å². The molecular weight excluding hydrogens is 222 g/mol. The molecule has 0 amide bonds. The topological polar surface area (TPSA) is 27.3 Å². The number of nitrogens with zero attached hydrogens (tertiary/aromatic N) is 1. The maximum Gasteiger partial charge on any atom is 0.0423 e. The van der Waals surface area contributed by atoms with E-state index < -0.39 is 0 Å². The van der Waals surface area contributed by atoms with E-state index in [1.807, 2.05) is 7.05 Å². The zero-order valence-corrected chi connectivity index (χ0v) is 12.2. The van der Waals surface area contributed by atoms with Crippen molar-refractivity contribution in [2.75, 3.05) is 40.3 Å². The number of hydrogen-bond acceptors (Lipinski definition) is 3. The highest BCUT2D eigenvalue weighted by atomic mass is 15.1. The van der Waals surface area contributed by atoms with Gasteiger partial charge in [-0.25, -0.2) is 0 Å². The number of likely N-dealkylation sites (N-methyl/N-ethyl adjacent to an activating group) is 2. The summed E-state index contributed by atoms with van der Waals surface area (Å²) in [5.74, 6) is 0. The molecule has 0 saturated heterocycles. The second-order valence-electron chi connectivity index (χ2n) is 4.88. The predicted molar refractivity (Wildman–Crippen MR) is 79.6 cm³/mol. The summed E-state index contributed by atoms with van der Waals surface area (Å²) >= 11 is 0. The van der Waals surface area contributed by atoms with Crippen molar-refractivity contribution in [1.29, 1.82) is 0 Å². The molecule has 0 unspecified atom stereocenters. The van der Waals surface area contributed by atoms with E-state index in [4.69, 9.17) is 0 Å². The summed E-state index contributed by atoms with van der Waals surface area (Å²) in [5, 5.41) is 6.53. The van der Waals surface area contributed by atoms with Crippen molar-refractivity contribution in [2.45, 2.75) is 20.3 Å². The lowest BCUT2D eigenvalue weighted by atomic mass is 10.2. The highest BCUT2D eigenvalue weighted by Crippen LogP contribution is 2.20. The fourth-order valence-corrected chi connectivity index (χ4v) is 2.09. The fourth-order valence-electron chi connectivity index (χ4n) is 2.09. The molecule has 0 aromatic heterocycles. The van der Waals surface area contributed by atoms with Crippen LogP contribution in [0.5, 0.6) is 0 Å². The van der Waals surface area contributed by atoms with Crippen LogP contribution in [0.25, 0.3) is 0 Å². The van der Waals surface area contributed by atoms with Gasteiger partial charge in [0.2, 0.25) is 0 Å². The Bertz CT molecular complexity index is 340. The maximum atomic E-state index is 3.37. The van der Waals surface area contributed by atoms with Gasteiger partial charge in [-0.05, 0) is 38.6 Å². The van der Waals surface area contributed by atoms with Crippen LogP contribution in [0.15, 0.2) is 35.1 Å². The fraction of sp³-hybridized carbons (Fsp3) is 0.600. The van der Waals surface area contributed by atoms with Crippen LogP contribution in [0.2, 0.25) is 0 Å². The summed E-state index contributed by atoms with van der Waals surface area (Å²) in [6.45, 7) is 8.40. The quantitative estimate of drug-likeness (QED) is 0.675. The number of allylic oxidation sites excluding steroid dienone is 2. The molecule has 0 saturated carbocycles. The van der Waals surface area contributed by atoms with E-state index in [2.05, 4.69) is 54.7 Å². The minimum absolute atomic E-state index is 0.955. The van der Waals surface area contributed by atoms with Crippen molar-refractivity contribution in [2.24, 2.45) is 0 Å². The molecule has 0 aromatic rings. The summed E-state index contributed by atoms with van der Waals surface area (Å²) in [6, 6.07) is 0. The highest BCUT2D eigenvalue weighted by Gasteiger charge is 2.13. The van der Waals surface area contributed by atoms with E-state index >= 15 is 0 Å². The molecule has 0 aliphatic carbocycles. The molecule has 1 aliphatic heterocycles. The SMILES string of the molecule is CCNCCC1=C/C(=C/C=C(\C)CNC)CN1C. The largest absolute Gasteiger partial charge is 0.374 e. The minimum atomic E-state index is 0.955. The summed E-state index contributed by atoms with van der Waals surface area (Å²) in [6.07, 6.45) is 7.88. The first-order chi connectivity index (χ1) is 8.67. The van der Waals surface area contributed by atoms with Crippen molar-refractivity contribution in [1.82, 2.24) is 15.5 Å². The van der Waals surface area contributed by atoms with E-state index in [1.54, 1.807) is 0 Å². The number of rotatable bonds is 7. The molecule has 2 N–H and O–H groups in total. The molecule has 0 radical (unpaired) electrons. The third-order valence-electron chi connectivity index (χ3n) is 3.11. The lowest BCUT2D eigenvalue weighted by Crippen LogP contribution is -2.19. The van der Waals surface area contributed by atoms with Crippen LogP contribution in [-0.4, -0.2) is 45.2 Å². The van der Waals surface area contributed by atoms with Crippen molar-refractivity contribution < 1.29 is 0 Å². The van der Waals surface area contributed by atoms with Gasteiger partial charge in [0.1, 0.15) is 0 Å². The zero-order valence-electron chi connectivity index (χ0n) is 12.2. The summed E-state index contributed by atoms with van der Waals surface area (Å²) in [4.78, 5) is 2.34. The normalized spacial score (nSPS) is 18.7. The van der Waals surface area contributed by atoms with Crippen LogP contribution in [-0.2, 0) is 0 Å². The molecular formula is C15H27N3. The van der Waals surface area contributed by atoms with E-state index in [-0.39, 0.29) is 0 Å². The van der Waals surface area contributed by atoms with Gasteiger partial charge in [-0.15, -0.1) is 0 Å². The van der Waals surface area contributed by atoms with Gasteiger partial charge < -0.3 is 15.5 Å². The molecule has 1 heterocycles. The Morgan fingerprint density at radius 3 is 2.94 bits per heavy atom. The van der Waals surface area contributed by atoms with E-state index in [9.17, 15) is 0 Å². The van der Waals surface area contributed by atoms with Gasteiger partial charge in [-0.2, -0.15) is 0 Å². The van der Waals surface area contributed by atoms with Crippen molar-refractivity contribution in [3.05, 3.63) is 35.1 Å². The molecule has 0 fully saturated rings. The lowest BCUT2D eigenvalue weighted by Gasteiger charge is -2.15. The molecule has 102 valence electrons. The summed E-state index contributed by atoms with van der Waals surface area (Å²) in [7, 11) is 4.15. The first-order valence-corrected chi connectivity index (χ1v) is 6.80. The zero-order chi connectivity index (χ0) is 13.4. The van der Waals surface area contributed by atoms with Crippen LogP contribution in [0, 0.1) is 0 Å². The van der Waals surface area contributed by atoms with Crippen LogP contribution in [0.1, 0.15) is 20.3 Å². The first kappa shape index (κ1) is 15.0. The van der Waals surface area contributed by atoms with Crippen molar-refractivity contribution >= 4 is 0 Å². The van der Waals surface area contributed by atoms with Gasteiger partial charge in [0.05, 0.1) is 0 Å². The molecule has 1 aliphatic rings. The van der Waals surface area contributed by atoms with Gasteiger partial charge in [0.25, 0.3) is 0 Å². The molecule has 0 aromatic carbocycles. The van der Waals surface area contributed by atoms with Crippen LogP contribution in [0.4, 0.5) is 0 Å². The van der Waals surface area contributed by atoms with E-state index in [1.165, 1.54) is 16.8 Å². The third kappa shape index (κ3) is 5.07. The maximum absolute atomic E-state index is 3.37. The Morgan fingerprint density at radius 1 is 1.50 bits per heavy atom. The Hall–Kier alpha value is -1.06. The van der Waals surface area contributed by atoms with Crippen LogP contribution < -0.4 is 10.6 Å². The highest BCUT2D eigenvalue weighted by molar-refractivity contribution is 5.34. The summed E-state index contributed by atoms with van der Waals surface area (Å²) < 4.78 is 0. The van der Waals surface area contributed by atoms with E-state index in [0.717, 1.165) is 32.6 Å². The predicted octanol–water partition coefficient (Wildman–Crippen LogP) is 1.91. The second kappa shape index (κ2) is 8.11. The average molecular weight is 249 g/mol. The Balaban J connectivity index is 2.54. The van der Waals surface area contributed by atoms with Crippen LogP contribution >= 0.6 is 0 Å². The van der Waals surface area contributed by atoms with E-state index in [0.29, 0.717) is 0 Å². The molecule has 3 heteroatoms. The number of nitrogens with one attached hydrogen (secondary N) is 2. The molecule has 0 bridgehead atoms. The Morgan fingerprint density at radius 2 is 2.28 bits per heavy atom. The van der Waals surface area contributed by atoms with Gasteiger partial charge >= 0.3 is 0 Å². The summed E-state index contributed by atoms with van der Waals surface area (Å²) in [5.41, 5.74) is 4.20. The standard InChI is InChI=1S/C15H27N3/c1-5-17-9-8-15-10-14(12-18(15)4)7-6-13(2)11-16-3/h6-7,10,16-17H,5,8-9,11-12H2,1-4H3/b13-6+,14-7-. The van der Waals surface area contributed by atoms with Gasteiger partial charge in [0, 0.05) is 32.4 Å². The van der Waals surface area contributed by atoms with Crippen molar-refractivity contribution in [3.63, 3.8) is 0 Å². The van der Waals surface area contributed by atoms with Gasteiger partial charge in [0.15, 0.2) is 0 Å². The average Bonchev–Trinajstić information content (AvgIpc) is 2.69.